The number of hydrogen-bond donors (Lipinski definition) is 0. The molecule has 0 N–H and O–H groups in total. The van der Waals surface area contributed by atoms with Crippen LogP contribution in [0.5, 0.6) is 0 Å². The van der Waals surface area contributed by atoms with Crippen molar-refractivity contribution in [2.24, 2.45) is 9.98 Å². The molecule has 0 radical (unpaired) electrons. The predicted molar refractivity (Wildman–Crippen MR) is 171 cm³/mol. The summed E-state index contributed by atoms with van der Waals surface area (Å²) in [5.74, 6) is -0.0361. The number of fused-ring (bicyclic) bond motifs is 5. The lowest BCUT2D eigenvalue weighted by Crippen LogP contribution is -2.16. The topological polar surface area (TPSA) is 182 Å². The molecule has 46 heavy (non-hydrogen) atoms. The van der Waals surface area contributed by atoms with Gasteiger partial charge in [-0.3, -0.25) is 0 Å². The van der Waals surface area contributed by atoms with Crippen molar-refractivity contribution >= 4 is 87.8 Å². The third kappa shape index (κ3) is 5.45. The molecule has 0 saturated heterocycles. The molecule has 0 unspecified atom stereocenters. The second-order valence-corrected chi connectivity index (χ2v) is 11.5. The van der Waals surface area contributed by atoms with Crippen molar-refractivity contribution in [2.45, 2.75) is 13.2 Å². The van der Waals surface area contributed by atoms with E-state index in [2.05, 4.69) is 9.98 Å². The summed E-state index contributed by atoms with van der Waals surface area (Å²) in [5, 5.41) is 37.5. The van der Waals surface area contributed by atoms with Gasteiger partial charge in [-0.1, -0.05) is 60.7 Å². The fraction of sp³-hybridized carbons (Fsp3) is 0.0625. The predicted octanol–water partition coefficient (Wildman–Crippen LogP) is 7.48. The highest BCUT2D eigenvalue weighted by atomic mass is 32.1. The molecule has 12 nitrogen and oxygen atoms in total. The summed E-state index contributed by atoms with van der Waals surface area (Å²) in [6.45, 7) is -0.116. The van der Waals surface area contributed by atoms with Crippen molar-refractivity contribution in [3.63, 3.8) is 0 Å². The molecule has 4 aromatic heterocycles. The standard InChI is InChI=1S/C32H16N8O4S2/c33-13-21(14-34)37-25-12-24-27(40(25)32(42)44-18-20-9-5-2-6-10-20)28-30(45-24)29-23(11-26(46-29)38-22(15-35)16-36)39(28)31(41)43-17-19-7-3-1-4-8-19/h1-12H,17-18H2. The molecule has 0 atom stereocenters. The van der Waals surface area contributed by atoms with Crippen molar-refractivity contribution in [3.8, 4) is 24.3 Å². The first-order valence-corrected chi connectivity index (χ1v) is 14.9. The Morgan fingerprint density at radius 1 is 0.674 bits per heavy atom. The van der Waals surface area contributed by atoms with Gasteiger partial charge in [0.15, 0.2) is 0 Å². The van der Waals surface area contributed by atoms with Crippen LogP contribution in [0.25, 0.3) is 30.6 Å². The monoisotopic (exact) mass is 640 g/mol. The van der Waals surface area contributed by atoms with Crippen LogP contribution in [0.3, 0.4) is 0 Å². The lowest BCUT2D eigenvalue weighted by molar-refractivity contribution is 0.141. The molecule has 14 heteroatoms. The normalized spacial score (nSPS) is 10.4. The molecule has 6 rings (SSSR count). The van der Waals surface area contributed by atoms with Gasteiger partial charge < -0.3 is 9.47 Å². The van der Waals surface area contributed by atoms with E-state index in [-0.39, 0.29) is 30.3 Å². The molecule has 0 spiro atoms. The Morgan fingerprint density at radius 3 is 1.78 bits per heavy atom. The second-order valence-electron chi connectivity index (χ2n) is 9.41. The molecule has 0 aliphatic carbocycles. The van der Waals surface area contributed by atoms with Crippen LogP contribution in [0, 0.1) is 45.3 Å². The molecule has 0 aliphatic heterocycles. The maximum atomic E-state index is 13.8. The quantitative estimate of drug-likeness (QED) is 0.168. The van der Waals surface area contributed by atoms with Crippen molar-refractivity contribution in [1.82, 2.24) is 9.13 Å². The molecule has 0 aliphatic rings. The molecule has 4 heterocycles. The average Bonchev–Trinajstić information content (AvgIpc) is 3.82. The minimum absolute atomic E-state index is 0.0361. The average molecular weight is 641 g/mol. The molecule has 6 aromatic rings. The van der Waals surface area contributed by atoms with E-state index in [1.54, 1.807) is 66.7 Å². The van der Waals surface area contributed by atoms with Crippen LogP contribution in [0.1, 0.15) is 11.1 Å². The van der Waals surface area contributed by atoms with Gasteiger partial charge in [-0.25, -0.2) is 28.7 Å². The Morgan fingerprint density at radius 2 is 1.22 bits per heavy atom. The van der Waals surface area contributed by atoms with Gasteiger partial charge >= 0.3 is 12.2 Å². The van der Waals surface area contributed by atoms with E-state index in [4.69, 9.17) is 9.47 Å². The summed E-state index contributed by atoms with van der Waals surface area (Å²) >= 11 is 2.39. The molecule has 0 amide bonds. The summed E-state index contributed by atoms with van der Waals surface area (Å²) in [4.78, 5) is 35.8. The van der Waals surface area contributed by atoms with E-state index < -0.39 is 17.9 Å². The SMILES string of the molecule is N#CC(C#N)=Nc1cc2c(s1)c1sc3cc(N=C(C#N)C#N)n(C(=O)OCc4ccccc4)c3c1n2C(=O)OCc1ccccc1. The maximum absolute atomic E-state index is 13.8. The van der Waals surface area contributed by atoms with E-state index in [0.29, 0.717) is 30.1 Å². The number of carbonyl (C=O) groups is 2. The minimum atomic E-state index is -0.848. The third-order valence-corrected chi connectivity index (χ3v) is 8.91. The van der Waals surface area contributed by atoms with E-state index >= 15 is 0 Å². The smallest absolute Gasteiger partial charge is 0.420 e. The number of nitriles is 4. The molecule has 2 aromatic carbocycles. The van der Waals surface area contributed by atoms with Crippen LogP contribution < -0.4 is 0 Å². The number of ether oxygens (including phenoxy) is 2. The van der Waals surface area contributed by atoms with Crippen LogP contribution in [0.2, 0.25) is 0 Å². The molecular weight excluding hydrogens is 625 g/mol. The summed E-state index contributed by atoms with van der Waals surface area (Å²) in [5.41, 5.74) is 1.59. The first-order valence-electron chi connectivity index (χ1n) is 13.3. The Balaban J connectivity index is 1.57. The van der Waals surface area contributed by atoms with Gasteiger partial charge in [0.05, 0.1) is 30.6 Å². The van der Waals surface area contributed by atoms with Crippen LogP contribution in [0.4, 0.5) is 20.4 Å². The van der Waals surface area contributed by atoms with Crippen LogP contribution in [0.15, 0.2) is 82.8 Å². The number of carbonyl (C=O) groups excluding carboxylic acids is 2. The lowest BCUT2D eigenvalue weighted by atomic mass is 10.2. The Bertz CT molecular complexity index is 2370. The Labute approximate surface area is 267 Å². The third-order valence-electron chi connectivity index (χ3n) is 6.62. The van der Waals surface area contributed by atoms with E-state index in [9.17, 15) is 30.6 Å². The Kier molecular flexibility index (Phi) is 8.06. The van der Waals surface area contributed by atoms with Gasteiger partial charge in [-0.2, -0.15) is 21.0 Å². The molecule has 0 fully saturated rings. The zero-order valence-corrected chi connectivity index (χ0v) is 25.0. The fourth-order valence-electron chi connectivity index (χ4n) is 4.67. The van der Waals surface area contributed by atoms with E-state index in [1.807, 2.05) is 24.3 Å². The highest BCUT2D eigenvalue weighted by Gasteiger charge is 2.29. The number of hydrogen-bond acceptors (Lipinski definition) is 12. The highest BCUT2D eigenvalue weighted by molar-refractivity contribution is 7.32. The largest absolute Gasteiger partial charge is 0.444 e. The maximum Gasteiger partial charge on any atom is 0.420 e. The molecule has 0 saturated carbocycles. The molecular formula is C32H16N8O4S2. The zero-order valence-electron chi connectivity index (χ0n) is 23.4. The first-order chi connectivity index (χ1) is 22.4. The van der Waals surface area contributed by atoms with Crippen molar-refractivity contribution < 1.29 is 19.1 Å². The number of rotatable bonds is 6. The van der Waals surface area contributed by atoms with Crippen LogP contribution in [-0.4, -0.2) is 32.7 Å². The van der Waals surface area contributed by atoms with Gasteiger partial charge in [-0.05, 0) is 17.2 Å². The molecule has 220 valence electrons. The van der Waals surface area contributed by atoms with Crippen molar-refractivity contribution in [3.05, 3.63) is 83.9 Å². The fourth-order valence-corrected chi connectivity index (χ4v) is 7.04. The number of nitrogens with zero attached hydrogens (tertiary/aromatic N) is 8. The van der Waals surface area contributed by atoms with Crippen LogP contribution >= 0.6 is 22.7 Å². The van der Waals surface area contributed by atoms with E-state index in [0.717, 1.165) is 27.0 Å². The number of aromatic nitrogens is 2. The van der Waals surface area contributed by atoms with E-state index in [1.165, 1.54) is 22.0 Å². The van der Waals surface area contributed by atoms with Crippen molar-refractivity contribution in [1.29, 1.82) is 21.0 Å². The van der Waals surface area contributed by atoms with Gasteiger partial charge in [0.25, 0.3) is 0 Å². The number of thiophene rings is 2. The minimum Gasteiger partial charge on any atom is -0.444 e. The summed E-state index contributed by atoms with van der Waals surface area (Å²) in [7, 11) is 0. The molecule has 0 bridgehead atoms. The van der Waals surface area contributed by atoms with Gasteiger partial charge in [0, 0.05) is 6.07 Å². The van der Waals surface area contributed by atoms with Gasteiger partial charge in [0.2, 0.25) is 11.4 Å². The van der Waals surface area contributed by atoms with Gasteiger partial charge in [-0.15, -0.1) is 22.7 Å². The lowest BCUT2D eigenvalue weighted by Gasteiger charge is -2.10. The first kappa shape index (κ1) is 29.5. The van der Waals surface area contributed by atoms with Gasteiger partial charge in [0.1, 0.15) is 48.3 Å². The van der Waals surface area contributed by atoms with Crippen LogP contribution in [-0.2, 0) is 22.7 Å². The van der Waals surface area contributed by atoms with Crippen molar-refractivity contribution in [2.75, 3.05) is 0 Å². The number of aliphatic imine (C=N–C) groups is 2. The summed E-state index contributed by atoms with van der Waals surface area (Å²) in [6.07, 6.45) is -1.61. The second kappa shape index (κ2) is 12.6. The zero-order chi connectivity index (χ0) is 32.2. The Hall–Kier alpha value is -6.58. The number of benzene rings is 2. The summed E-state index contributed by atoms with van der Waals surface area (Å²) in [6, 6.07) is 28.0. The highest BCUT2D eigenvalue weighted by Crippen LogP contribution is 2.48. The summed E-state index contributed by atoms with van der Waals surface area (Å²) < 4.78 is 15.5.